The first-order valence-electron chi connectivity index (χ1n) is 3.52. The molecule has 0 fully saturated rings. The van der Waals surface area contributed by atoms with Gasteiger partial charge in [-0.3, -0.25) is 0 Å². The highest BCUT2D eigenvalue weighted by Gasteiger charge is 1.91. The fourth-order valence-electron chi connectivity index (χ4n) is 0.731. The zero-order valence-corrected chi connectivity index (χ0v) is 6.17. The minimum atomic E-state index is 0.920. The zero-order chi connectivity index (χ0) is 7.23. The second-order valence-corrected chi connectivity index (χ2v) is 2.06. The van der Waals surface area contributed by atoms with Gasteiger partial charge in [-0.25, -0.2) is 0 Å². The fourth-order valence-corrected chi connectivity index (χ4v) is 0.731. The number of rotatable bonds is 0. The van der Waals surface area contributed by atoms with Crippen molar-refractivity contribution in [3.63, 3.8) is 0 Å². The van der Waals surface area contributed by atoms with Crippen LogP contribution in [0, 0.1) is 12.0 Å². The number of hydrogen-bond donors (Lipinski definition) is 0. The van der Waals surface area contributed by atoms with Gasteiger partial charge in [-0.15, -0.1) is 0 Å². The molecule has 0 atom stereocenters. The molecule has 1 aliphatic rings. The predicted molar refractivity (Wildman–Crippen MR) is 43.1 cm³/mol. The van der Waals surface area contributed by atoms with E-state index in [1.165, 1.54) is 0 Å². The van der Waals surface area contributed by atoms with E-state index in [1.807, 2.05) is 23.3 Å². The van der Waals surface area contributed by atoms with Gasteiger partial charge in [0.15, 0.2) is 0 Å². The van der Waals surface area contributed by atoms with Crippen molar-refractivity contribution in [3.05, 3.63) is 24.4 Å². The van der Waals surface area contributed by atoms with Gasteiger partial charge in [-0.1, -0.05) is 25.0 Å². The maximum Gasteiger partial charge on any atom is 0.0492 e. The lowest BCUT2D eigenvalue weighted by Gasteiger charge is -2.10. The van der Waals surface area contributed by atoms with E-state index >= 15 is 0 Å². The third-order valence-electron chi connectivity index (χ3n) is 1.21. The first kappa shape index (κ1) is 6.95. The highest BCUT2D eigenvalue weighted by molar-refractivity contribution is 5.14. The predicted octanol–water partition coefficient (Wildman–Crippen LogP) is 1.74. The Bertz CT molecular complexity index is 203. The molecule has 0 aromatic rings. The van der Waals surface area contributed by atoms with E-state index in [0.29, 0.717) is 0 Å². The molecule has 0 bridgehead atoms. The van der Waals surface area contributed by atoms with Crippen molar-refractivity contribution in [1.29, 1.82) is 0 Å². The average Bonchev–Trinajstić information content (AvgIpc) is 2.03. The van der Waals surface area contributed by atoms with E-state index in [-0.39, 0.29) is 0 Å². The Kier molecular flexibility index (Phi) is 2.63. The number of hydrogen-bond acceptors (Lipinski definition) is 1. The quantitative estimate of drug-likeness (QED) is 0.455. The largest absolute Gasteiger partial charge is 0.305 e. The SMILES string of the molecule is CCC#CN1C=CC=CC1. The molecule has 1 rings (SSSR count). The third kappa shape index (κ3) is 1.99. The zero-order valence-electron chi connectivity index (χ0n) is 6.17. The molecule has 0 unspecified atom stereocenters. The minimum absolute atomic E-state index is 0.920. The van der Waals surface area contributed by atoms with Crippen LogP contribution in [0.5, 0.6) is 0 Å². The lowest BCUT2D eigenvalue weighted by atomic mass is 10.4. The van der Waals surface area contributed by atoms with Crippen LogP contribution in [-0.4, -0.2) is 11.4 Å². The van der Waals surface area contributed by atoms with E-state index in [4.69, 9.17) is 0 Å². The Balaban J connectivity index is 2.44. The molecule has 0 saturated heterocycles. The van der Waals surface area contributed by atoms with Crippen LogP contribution in [-0.2, 0) is 0 Å². The van der Waals surface area contributed by atoms with Crippen LogP contribution in [0.2, 0.25) is 0 Å². The second-order valence-electron chi connectivity index (χ2n) is 2.06. The molecular weight excluding hydrogens is 122 g/mol. The van der Waals surface area contributed by atoms with Gasteiger partial charge < -0.3 is 4.90 Å². The summed E-state index contributed by atoms with van der Waals surface area (Å²) in [4.78, 5) is 1.98. The van der Waals surface area contributed by atoms with E-state index in [2.05, 4.69) is 25.0 Å². The highest BCUT2D eigenvalue weighted by Crippen LogP contribution is 1.95. The molecule has 0 aromatic heterocycles. The number of allylic oxidation sites excluding steroid dienone is 2. The van der Waals surface area contributed by atoms with Gasteiger partial charge in [-0.2, -0.15) is 0 Å². The van der Waals surface area contributed by atoms with Crippen LogP contribution < -0.4 is 0 Å². The summed E-state index contributed by atoms with van der Waals surface area (Å²) in [5, 5.41) is 0. The summed E-state index contributed by atoms with van der Waals surface area (Å²) in [7, 11) is 0. The van der Waals surface area contributed by atoms with Crippen LogP contribution in [0.25, 0.3) is 0 Å². The molecular formula is C9H11N. The summed E-state index contributed by atoms with van der Waals surface area (Å²) in [6, 6.07) is 3.02. The second kappa shape index (κ2) is 3.79. The molecule has 0 aromatic carbocycles. The maximum absolute atomic E-state index is 3.02. The van der Waals surface area contributed by atoms with Crippen molar-refractivity contribution in [2.75, 3.05) is 6.54 Å². The van der Waals surface area contributed by atoms with Crippen LogP contribution in [0.15, 0.2) is 24.4 Å². The fraction of sp³-hybridized carbons (Fsp3) is 0.333. The van der Waals surface area contributed by atoms with Gasteiger partial charge in [0.2, 0.25) is 0 Å². The summed E-state index contributed by atoms with van der Waals surface area (Å²) in [6.45, 7) is 2.97. The van der Waals surface area contributed by atoms with E-state index in [9.17, 15) is 0 Å². The molecule has 0 radical (unpaired) electrons. The number of nitrogens with zero attached hydrogens (tertiary/aromatic N) is 1. The van der Waals surface area contributed by atoms with E-state index in [0.717, 1.165) is 13.0 Å². The van der Waals surface area contributed by atoms with Gasteiger partial charge in [0.25, 0.3) is 0 Å². The Morgan fingerprint density at radius 2 is 2.40 bits per heavy atom. The molecule has 52 valence electrons. The van der Waals surface area contributed by atoms with Crippen molar-refractivity contribution in [2.24, 2.45) is 0 Å². The summed E-state index contributed by atoms with van der Waals surface area (Å²) in [5.74, 6) is 3.01. The molecule has 0 aliphatic carbocycles. The topological polar surface area (TPSA) is 3.24 Å². The Labute approximate surface area is 62.0 Å². The molecule has 0 amide bonds. The normalized spacial score (nSPS) is 14.7. The summed E-state index contributed by atoms with van der Waals surface area (Å²) >= 11 is 0. The Morgan fingerprint density at radius 1 is 1.50 bits per heavy atom. The smallest absolute Gasteiger partial charge is 0.0492 e. The maximum atomic E-state index is 3.02. The van der Waals surface area contributed by atoms with Gasteiger partial charge in [-0.05, 0) is 6.08 Å². The Hall–Kier alpha value is -1.16. The van der Waals surface area contributed by atoms with E-state index < -0.39 is 0 Å². The molecule has 10 heavy (non-hydrogen) atoms. The molecule has 1 aliphatic heterocycles. The molecule has 1 heterocycles. The minimum Gasteiger partial charge on any atom is -0.305 e. The highest BCUT2D eigenvalue weighted by atomic mass is 15.1. The first-order valence-corrected chi connectivity index (χ1v) is 3.52. The van der Waals surface area contributed by atoms with Crippen molar-refractivity contribution in [2.45, 2.75) is 13.3 Å². The Morgan fingerprint density at radius 3 is 3.00 bits per heavy atom. The van der Waals surface area contributed by atoms with Gasteiger partial charge in [0.05, 0.1) is 0 Å². The lowest BCUT2D eigenvalue weighted by molar-refractivity contribution is 0.591. The molecule has 0 N–H and O–H groups in total. The van der Waals surface area contributed by atoms with Crippen LogP contribution in [0.4, 0.5) is 0 Å². The van der Waals surface area contributed by atoms with Crippen LogP contribution in [0.3, 0.4) is 0 Å². The van der Waals surface area contributed by atoms with Crippen molar-refractivity contribution in [3.8, 4) is 12.0 Å². The lowest BCUT2D eigenvalue weighted by Crippen LogP contribution is -2.11. The molecule has 0 saturated carbocycles. The van der Waals surface area contributed by atoms with Gasteiger partial charge in [0, 0.05) is 25.2 Å². The molecule has 1 nitrogen and oxygen atoms in total. The summed E-state index contributed by atoms with van der Waals surface area (Å²) in [5.41, 5.74) is 0. The third-order valence-corrected chi connectivity index (χ3v) is 1.21. The summed E-state index contributed by atoms with van der Waals surface area (Å²) in [6.07, 6.45) is 9.03. The van der Waals surface area contributed by atoms with Gasteiger partial charge >= 0.3 is 0 Å². The first-order chi connectivity index (χ1) is 4.93. The van der Waals surface area contributed by atoms with Crippen molar-refractivity contribution in [1.82, 2.24) is 4.90 Å². The van der Waals surface area contributed by atoms with Crippen molar-refractivity contribution >= 4 is 0 Å². The average molecular weight is 133 g/mol. The van der Waals surface area contributed by atoms with Crippen LogP contribution >= 0.6 is 0 Å². The van der Waals surface area contributed by atoms with Crippen molar-refractivity contribution < 1.29 is 0 Å². The molecule has 0 spiro atoms. The standard InChI is InChI=1S/C9H11N/c1-2-3-7-10-8-5-4-6-9-10/h4-6,8H,2,9H2,1H3. The van der Waals surface area contributed by atoms with Gasteiger partial charge in [0.1, 0.15) is 0 Å². The molecule has 1 heteroatoms. The monoisotopic (exact) mass is 133 g/mol. The summed E-state index contributed by atoms with van der Waals surface area (Å²) < 4.78 is 0. The van der Waals surface area contributed by atoms with E-state index in [1.54, 1.807) is 0 Å². The van der Waals surface area contributed by atoms with Crippen LogP contribution in [0.1, 0.15) is 13.3 Å².